The van der Waals surface area contributed by atoms with Crippen molar-refractivity contribution in [1.29, 1.82) is 0 Å². The van der Waals surface area contributed by atoms with Gasteiger partial charge in [0.15, 0.2) is 0 Å². The van der Waals surface area contributed by atoms with E-state index in [0.717, 1.165) is 6.07 Å². The Morgan fingerprint density at radius 3 is 2.35 bits per heavy atom. The number of nitrogens with zero attached hydrogens (tertiary/aromatic N) is 4. The molecule has 1 fully saturated rings. The van der Waals surface area contributed by atoms with Crippen molar-refractivity contribution in [3.8, 4) is 0 Å². The van der Waals surface area contributed by atoms with Crippen molar-refractivity contribution in [3.63, 3.8) is 0 Å². The predicted octanol–water partition coefficient (Wildman–Crippen LogP) is 1.78. The SMILES string of the molecule is O=S(=O)(c1ccc(Cl)cc1F)N1CCN(c2ncccn2)CC1. The van der Waals surface area contributed by atoms with Gasteiger partial charge in [0, 0.05) is 43.6 Å². The lowest BCUT2D eigenvalue weighted by atomic mass is 10.3. The van der Waals surface area contributed by atoms with Crippen LogP contribution in [0.1, 0.15) is 0 Å². The molecule has 0 atom stereocenters. The number of aromatic nitrogens is 2. The molecule has 1 aromatic carbocycles. The molecule has 0 N–H and O–H groups in total. The van der Waals surface area contributed by atoms with Gasteiger partial charge in [-0.3, -0.25) is 0 Å². The fourth-order valence-electron chi connectivity index (χ4n) is 2.41. The third kappa shape index (κ3) is 3.29. The van der Waals surface area contributed by atoms with Crippen LogP contribution in [-0.2, 0) is 10.0 Å². The van der Waals surface area contributed by atoms with Gasteiger partial charge in [-0.05, 0) is 24.3 Å². The van der Waals surface area contributed by atoms with Gasteiger partial charge in [-0.25, -0.2) is 22.8 Å². The second-order valence-corrected chi connectivity index (χ2v) is 7.36. The monoisotopic (exact) mass is 356 g/mol. The van der Waals surface area contributed by atoms with E-state index in [9.17, 15) is 12.8 Å². The molecule has 0 aliphatic carbocycles. The lowest BCUT2D eigenvalue weighted by Gasteiger charge is -2.33. The number of piperazine rings is 1. The molecule has 0 unspecified atom stereocenters. The summed E-state index contributed by atoms with van der Waals surface area (Å²) in [6.45, 7) is 1.36. The summed E-state index contributed by atoms with van der Waals surface area (Å²) in [6, 6.07) is 5.28. The maximum atomic E-state index is 13.9. The molecule has 0 bridgehead atoms. The molecule has 0 amide bonds. The molecule has 1 aromatic heterocycles. The first-order valence-electron chi connectivity index (χ1n) is 6.95. The van der Waals surface area contributed by atoms with Gasteiger partial charge in [-0.1, -0.05) is 11.6 Å². The molecule has 1 saturated heterocycles. The van der Waals surface area contributed by atoms with Crippen LogP contribution in [0.4, 0.5) is 10.3 Å². The third-order valence-corrected chi connectivity index (χ3v) is 5.75. The van der Waals surface area contributed by atoms with E-state index in [1.165, 1.54) is 16.4 Å². The van der Waals surface area contributed by atoms with Crippen LogP contribution in [0.25, 0.3) is 0 Å². The second kappa shape index (κ2) is 6.38. The van der Waals surface area contributed by atoms with Crippen LogP contribution < -0.4 is 4.90 Å². The lowest BCUT2D eigenvalue weighted by molar-refractivity contribution is 0.380. The highest BCUT2D eigenvalue weighted by molar-refractivity contribution is 7.89. The van der Waals surface area contributed by atoms with Crippen LogP contribution >= 0.6 is 11.6 Å². The van der Waals surface area contributed by atoms with E-state index in [1.54, 1.807) is 18.5 Å². The minimum atomic E-state index is -3.88. The Bertz CT molecular complexity index is 796. The first kappa shape index (κ1) is 16.1. The van der Waals surface area contributed by atoms with E-state index in [0.29, 0.717) is 19.0 Å². The average molecular weight is 357 g/mol. The maximum Gasteiger partial charge on any atom is 0.246 e. The predicted molar refractivity (Wildman–Crippen MR) is 84.4 cm³/mol. The second-order valence-electron chi connectivity index (χ2n) is 5.01. The van der Waals surface area contributed by atoms with Gasteiger partial charge in [0.25, 0.3) is 0 Å². The first-order valence-corrected chi connectivity index (χ1v) is 8.77. The van der Waals surface area contributed by atoms with E-state index in [-0.39, 0.29) is 23.0 Å². The molecular weight excluding hydrogens is 343 g/mol. The average Bonchev–Trinajstić information content (AvgIpc) is 2.55. The number of rotatable bonds is 3. The molecule has 1 aliphatic rings. The first-order chi connectivity index (χ1) is 11.0. The fraction of sp³-hybridized carbons (Fsp3) is 0.286. The van der Waals surface area contributed by atoms with Crippen LogP contribution in [0.2, 0.25) is 5.02 Å². The third-order valence-electron chi connectivity index (χ3n) is 3.59. The van der Waals surface area contributed by atoms with E-state index < -0.39 is 15.8 Å². The Balaban J connectivity index is 1.76. The zero-order valence-corrected chi connectivity index (χ0v) is 13.6. The largest absolute Gasteiger partial charge is 0.338 e. The lowest BCUT2D eigenvalue weighted by Crippen LogP contribution is -2.49. The van der Waals surface area contributed by atoms with Crippen molar-refractivity contribution < 1.29 is 12.8 Å². The van der Waals surface area contributed by atoms with E-state index in [1.807, 2.05) is 4.90 Å². The molecule has 9 heteroatoms. The topological polar surface area (TPSA) is 66.4 Å². The normalized spacial score (nSPS) is 16.5. The maximum absolute atomic E-state index is 13.9. The molecule has 3 rings (SSSR count). The molecule has 6 nitrogen and oxygen atoms in total. The van der Waals surface area contributed by atoms with Gasteiger partial charge in [-0.15, -0.1) is 0 Å². The number of anilines is 1. The van der Waals surface area contributed by atoms with Crippen LogP contribution in [0.3, 0.4) is 0 Å². The number of sulfonamides is 1. The minimum Gasteiger partial charge on any atom is -0.338 e. The van der Waals surface area contributed by atoms with E-state index in [2.05, 4.69) is 9.97 Å². The molecular formula is C14H14ClFN4O2S. The van der Waals surface area contributed by atoms with Gasteiger partial charge in [0.1, 0.15) is 10.7 Å². The summed E-state index contributed by atoms with van der Waals surface area (Å²) in [4.78, 5) is 9.83. The molecule has 1 aliphatic heterocycles. The highest BCUT2D eigenvalue weighted by Crippen LogP contribution is 2.23. The van der Waals surface area contributed by atoms with Crippen molar-refractivity contribution in [3.05, 3.63) is 47.5 Å². The van der Waals surface area contributed by atoms with Crippen LogP contribution in [0, 0.1) is 5.82 Å². The Morgan fingerprint density at radius 2 is 1.74 bits per heavy atom. The molecule has 2 aromatic rings. The fourth-order valence-corrected chi connectivity index (χ4v) is 4.03. The summed E-state index contributed by atoms with van der Waals surface area (Å²) in [7, 11) is -3.88. The number of benzene rings is 1. The summed E-state index contributed by atoms with van der Waals surface area (Å²) >= 11 is 5.67. The molecule has 23 heavy (non-hydrogen) atoms. The summed E-state index contributed by atoms with van der Waals surface area (Å²) in [6.07, 6.45) is 3.27. The van der Waals surface area contributed by atoms with Crippen molar-refractivity contribution in [2.24, 2.45) is 0 Å². The van der Waals surface area contributed by atoms with Gasteiger partial charge in [0.05, 0.1) is 0 Å². The van der Waals surface area contributed by atoms with Crippen LogP contribution in [0.5, 0.6) is 0 Å². The van der Waals surface area contributed by atoms with Crippen LogP contribution in [-0.4, -0.2) is 48.9 Å². The molecule has 122 valence electrons. The zero-order valence-electron chi connectivity index (χ0n) is 12.1. The number of hydrogen-bond donors (Lipinski definition) is 0. The Hall–Kier alpha value is -1.77. The number of hydrogen-bond acceptors (Lipinski definition) is 5. The van der Waals surface area contributed by atoms with E-state index in [4.69, 9.17) is 11.6 Å². The summed E-state index contributed by atoms with van der Waals surface area (Å²) in [5.74, 6) is -0.284. The van der Waals surface area contributed by atoms with Gasteiger partial charge < -0.3 is 4.90 Å². The molecule has 0 radical (unpaired) electrons. The summed E-state index contributed by atoms with van der Waals surface area (Å²) in [5, 5.41) is 0.160. The molecule has 0 saturated carbocycles. The zero-order chi connectivity index (χ0) is 16.4. The van der Waals surface area contributed by atoms with Crippen molar-refractivity contribution >= 4 is 27.6 Å². The summed E-state index contributed by atoms with van der Waals surface area (Å²) in [5.41, 5.74) is 0. The molecule has 2 heterocycles. The standard InChI is InChI=1S/C14H14ClFN4O2S/c15-11-2-3-13(12(16)10-11)23(21,22)20-8-6-19(7-9-20)14-17-4-1-5-18-14/h1-5,10H,6-9H2. The van der Waals surface area contributed by atoms with Gasteiger partial charge in [0.2, 0.25) is 16.0 Å². The van der Waals surface area contributed by atoms with Crippen molar-refractivity contribution in [1.82, 2.24) is 14.3 Å². The van der Waals surface area contributed by atoms with Crippen molar-refractivity contribution in [2.75, 3.05) is 31.1 Å². The highest BCUT2D eigenvalue weighted by atomic mass is 35.5. The van der Waals surface area contributed by atoms with Crippen molar-refractivity contribution in [2.45, 2.75) is 4.90 Å². The Kier molecular flexibility index (Phi) is 4.47. The van der Waals surface area contributed by atoms with Crippen LogP contribution in [0.15, 0.2) is 41.6 Å². The Labute approximate surface area is 138 Å². The smallest absolute Gasteiger partial charge is 0.246 e. The van der Waals surface area contributed by atoms with Gasteiger partial charge in [-0.2, -0.15) is 4.31 Å². The number of halogens is 2. The highest BCUT2D eigenvalue weighted by Gasteiger charge is 2.31. The Morgan fingerprint density at radius 1 is 1.09 bits per heavy atom. The van der Waals surface area contributed by atoms with E-state index >= 15 is 0 Å². The molecule has 0 spiro atoms. The van der Waals surface area contributed by atoms with Gasteiger partial charge >= 0.3 is 0 Å². The minimum absolute atomic E-state index is 0.160. The summed E-state index contributed by atoms with van der Waals surface area (Å²) < 4.78 is 40.3. The quantitative estimate of drug-likeness (QED) is 0.838.